The summed E-state index contributed by atoms with van der Waals surface area (Å²) in [4.78, 5) is 18.4. The van der Waals surface area contributed by atoms with Crippen LogP contribution in [0.2, 0.25) is 0 Å². The first-order valence-corrected chi connectivity index (χ1v) is 11.3. The van der Waals surface area contributed by atoms with Crippen molar-refractivity contribution >= 4 is 17.6 Å². The van der Waals surface area contributed by atoms with E-state index in [1.54, 1.807) is 7.11 Å². The van der Waals surface area contributed by atoms with E-state index in [9.17, 15) is 4.79 Å². The second-order valence-electron chi connectivity index (χ2n) is 7.48. The van der Waals surface area contributed by atoms with Gasteiger partial charge in [0, 0.05) is 38.6 Å². The minimum atomic E-state index is -0.0899. The molecule has 1 atom stereocenters. The lowest BCUT2D eigenvalue weighted by atomic mass is 10.1. The van der Waals surface area contributed by atoms with Gasteiger partial charge in [-0.25, -0.2) is 0 Å². The molecule has 7 heteroatoms. The standard InChI is InChI=1S/C23H38N4O3/c1-4-24-23(25-16-11-7-6-8-14-22(28)30-5-2)26-19-15-17-27(18-19)20-12-9-10-13-21(20)29-3/h9-10,12-13,19H,4-8,11,14-18H2,1-3H3,(H2,24,25,26). The molecule has 1 aromatic carbocycles. The maximum Gasteiger partial charge on any atom is 0.305 e. The smallest absolute Gasteiger partial charge is 0.305 e. The second kappa shape index (κ2) is 13.7. The third kappa shape index (κ3) is 8.13. The number of nitrogens with zero attached hydrogens (tertiary/aromatic N) is 2. The van der Waals surface area contributed by atoms with Gasteiger partial charge in [-0.15, -0.1) is 0 Å². The number of carbonyl (C=O) groups excluding carboxylic acids is 1. The van der Waals surface area contributed by atoms with Gasteiger partial charge in [-0.05, 0) is 45.2 Å². The van der Waals surface area contributed by atoms with Crippen LogP contribution in [-0.2, 0) is 9.53 Å². The number of aliphatic imine (C=N–C) groups is 1. The zero-order valence-electron chi connectivity index (χ0n) is 18.8. The van der Waals surface area contributed by atoms with Gasteiger partial charge in [-0.1, -0.05) is 25.0 Å². The fourth-order valence-corrected chi connectivity index (χ4v) is 3.66. The number of unbranched alkanes of at least 4 members (excludes halogenated alkanes) is 3. The van der Waals surface area contributed by atoms with E-state index < -0.39 is 0 Å². The number of carbonyl (C=O) groups is 1. The monoisotopic (exact) mass is 418 g/mol. The fourth-order valence-electron chi connectivity index (χ4n) is 3.66. The van der Waals surface area contributed by atoms with Crippen molar-refractivity contribution in [2.45, 2.75) is 58.4 Å². The van der Waals surface area contributed by atoms with Gasteiger partial charge in [0.05, 0.1) is 19.4 Å². The van der Waals surface area contributed by atoms with E-state index in [0.717, 1.165) is 75.7 Å². The maximum absolute atomic E-state index is 11.3. The molecule has 2 rings (SSSR count). The SMILES string of the molecule is CCNC(=NCCCCCCC(=O)OCC)NC1CCN(c2ccccc2OC)C1. The Morgan fingerprint density at radius 1 is 1.20 bits per heavy atom. The summed E-state index contributed by atoms with van der Waals surface area (Å²) in [6, 6.07) is 8.53. The first-order valence-electron chi connectivity index (χ1n) is 11.3. The molecule has 1 aliphatic rings. The van der Waals surface area contributed by atoms with Crippen LogP contribution in [0.5, 0.6) is 5.75 Å². The van der Waals surface area contributed by atoms with Crippen molar-refractivity contribution in [3.63, 3.8) is 0 Å². The molecular weight excluding hydrogens is 380 g/mol. The van der Waals surface area contributed by atoms with Crippen LogP contribution in [0.15, 0.2) is 29.3 Å². The minimum absolute atomic E-state index is 0.0899. The van der Waals surface area contributed by atoms with E-state index in [4.69, 9.17) is 14.5 Å². The predicted molar refractivity (Wildman–Crippen MR) is 122 cm³/mol. The van der Waals surface area contributed by atoms with Crippen LogP contribution in [0.25, 0.3) is 0 Å². The molecule has 1 fully saturated rings. The van der Waals surface area contributed by atoms with Crippen LogP contribution in [0.1, 0.15) is 52.4 Å². The summed E-state index contributed by atoms with van der Waals surface area (Å²) >= 11 is 0. The molecule has 7 nitrogen and oxygen atoms in total. The number of guanidine groups is 1. The molecule has 0 radical (unpaired) electrons. The zero-order chi connectivity index (χ0) is 21.6. The molecule has 0 bridgehead atoms. The van der Waals surface area contributed by atoms with E-state index in [0.29, 0.717) is 19.1 Å². The van der Waals surface area contributed by atoms with Crippen molar-refractivity contribution in [2.24, 2.45) is 4.99 Å². The Labute approximate surface area is 181 Å². The number of rotatable bonds is 12. The molecule has 0 amide bonds. The summed E-state index contributed by atoms with van der Waals surface area (Å²) in [6.07, 6.45) is 5.61. The maximum atomic E-state index is 11.3. The molecule has 2 N–H and O–H groups in total. The highest BCUT2D eigenvalue weighted by molar-refractivity contribution is 5.80. The Morgan fingerprint density at radius 3 is 2.77 bits per heavy atom. The van der Waals surface area contributed by atoms with Crippen LogP contribution in [0, 0.1) is 0 Å². The Bertz CT molecular complexity index is 666. The molecule has 0 aromatic heterocycles. The van der Waals surface area contributed by atoms with Gasteiger partial charge in [0.1, 0.15) is 5.75 Å². The zero-order valence-corrected chi connectivity index (χ0v) is 18.8. The van der Waals surface area contributed by atoms with Gasteiger partial charge in [-0.3, -0.25) is 9.79 Å². The summed E-state index contributed by atoms with van der Waals surface area (Å²) in [5.41, 5.74) is 1.15. The number of benzene rings is 1. The number of anilines is 1. The molecule has 0 aliphatic carbocycles. The first kappa shape index (κ1) is 23.8. The average molecular weight is 419 g/mol. The van der Waals surface area contributed by atoms with Gasteiger partial charge in [0.25, 0.3) is 0 Å². The summed E-state index contributed by atoms with van der Waals surface area (Å²) in [7, 11) is 1.72. The lowest BCUT2D eigenvalue weighted by molar-refractivity contribution is -0.143. The number of hydrogen-bond acceptors (Lipinski definition) is 5. The van der Waals surface area contributed by atoms with Gasteiger partial charge in [-0.2, -0.15) is 0 Å². The molecule has 0 saturated carbocycles. The van der Waals surface area contributed by atoms with Crippen molar-refractivity contribution in [2.75, 3.05) is 44.8 Å². The molecule has 1 aromatic rings. The van der Waals surface area contributed by atoms with Crippen molar-refractivity contribution in [3.05, 3.63) is 24.3 Å². The van der Waals surface area contributed by atoms with Gasteiger partial charge in [0.15, 0.2) is 5.96 Å². The number of ether oxygens (including phenoxy) is 2. The Morgan fingerprint density at radius 2 is 2.00 bits per heavy atom. The van der Waals surface area contributed by atoms with Crippen LogP contribution in [-0.4, -0.2) is 57.9 Å². The number of hydrogen-bond donors (Lipinski definition) is 2. The Hall–Kier alpha value is -2.44. The number of methoxy groups -OCH3 is 1. The molecule has 1 saturated heterocycles. The summed E-state index contributed by atoms with van der Waals surface area (Å²) in [5, 5.41) is 6.93. The highest BCUT2D eigenvalue weighted by atomic mass is 16.5. The highest BCUT2D eigenvalue weighted by Gasteiger charge is 2.25. The van der Waals surface area contributed by atoms with Crippen LogP contribution in [0.4, 0.5) is 5.69 Å². The van der Waals surface area contributed by atoms with Crippen molar-refractivity contribution in [3.8, 4) is 5.75 Å². The lowest BCUT2D eigenvalue weighted by Crippen LogP contribution is -2.44. The van der Waals surface area contributed by atoms with E-state index in [1.807, 2.05) is 19.1 Å². The van der Waals surface area contributed by atoms with Gasteiger partial charge < -0.3 is 25.0 Å². The second-order valence-corrected chi connectivity index (χ2v) is 7.48. The predicted octanol–water partition coefficient (Wildman–Crippen LogP) is 3.34. The van der Waals surface area contributed by atoms with Crippen LogP contribution < -0.4 is 20.3 Å². The fraction of sp³-hybridized carbons (Fsp3) is 0.652. The van der Waals surface area contributed by atoms with E-state index in [2.05, 4.69) is 34.6 Å². The van der Waals surface area contributed by atoms with Crippen molar-refractivity contribution in [1.82, 2.24) is 10.6 Å². The van der Waals surface area contributed by atoms with E-state index >= 15 is 0 Å². The molecule has 30 heavy (non-hydrogen) atoms. The largest absolute Gasteiger partial charge is 0.495 e. The molecular formula is C23H38N4O3. The van der Waals surface area contributed by atoms with E-state index in [1.165, 1.54) is 0 Å². The normalized spacial score (nSPS) is 16.4. The molecule has 1 heterocycles. The quantitative estimate of drug-likeness (QED) is 0.235. The summed E-state index contributed by atoms with van der Waals surface area (Å²) < 4.78 is 10.5. The van der Waals surface area contributed by atoms with Gasteiger partial charge in [0.2, 0.25) is 0 Å². The third-order valence-corrected chi connectivity index (χ3v) is 5.16. The first-order chi connectivity index (χ1) is 14.7. The van der Waals surface area contributed by atoms with Crippen molar-refractivity contribution < 1.29 is 14.3 Å². The third-order valence-electron chi connectivity index (χ3n) is 5.16. The summed E-state index contributed by atoms with van der Waals surface area (Å²) in [5.74, 6) is 1.71. The van der Waals surface area contributed by atoms with Gasteiger partial charge >= 0.3 is 5.97 Å². The van der Waals surface area contributed by atoms with Crippen molar-refractivity contribution in [1.29, 1.82) is 0 Å². The molecule has 1 aliphatic heterocycles. The Kier molecular flexibility index (Phi) is 10.9. The number of nitrogens with one attached hydrogen (secondary N) is 2. The summed E-state index contributed by atoms with van der Waals surface area (Å²) in [6.45, 7) is 7.95. The lowest BCUT2D eigenvalue weighted by Gasteiger charge is -2.22. The van der Waals surface area contributed by atoms with E-state index in [-0.39, 0.29) is 5.97 Å². The minimum Gasteiger partial charge on any atom is -0.495 e. The van der Waals surface area contributed by atoms with Crippen LogP contribution >= 0.6 is 0 Å². The number of para-hydroxylation sites is 2. The Balaban J connectivity index is 1.72. The highest BCUT2D eigenvalue weighted by Crippen LogP contribution is 2.30. The molecule has 168 valence electrons. The molecule has 1 unspecified atom stereocenters. The topological polar surface area (TPSA) is 75.2 Å². The average Bonchev–Trinajstić information content (AvgIpc) is 3.21. The van der Waals surface area contributed by atoms with Crippen LogP contribution in [0.3, 0.4) is 0 Å². The number of esters is 1. The molecule has 0 spiro atoms.